The third-order valence-corrected chi connectivity index (χ3v) is 6.73. The van der Waals surface area contributed by atoms with Crippen LogP contribution in [0.3, 0.4) is 0 Å². The van der Waals surface area contributed by atoms with E-state index in [0.717, 1.165) is 39.7 Å². The van der Waals surface area contributed by atoms with Crippen LogP contribution < -0.4 is 4.90 Å². The average molecular weight is 548 g/mol. The molecule has 204 valence electrons. The molecule has 0 aliphatic heterocycles. The fourth-order valence-corrected chi connectivity index (χ4v) is 4.14. The van der Waals surface area contributed by atoms with E-state index in [0.29, 0.717) is 37.1 Å². The molecule has 7 heteroatoms. The quantitative estimate of drug-likeness (QED) is 0.161. The van der Waals surface area contributed by atoms with Crippen LogP contribution in [0.15, 0.2) is 79.4 Å². The van der Waals surface area contributed by atoms with E-state index in [1.54, 1.807) is 6.92 Å². The number of carbonyl (C=O) groups excluding carboxylic acids is 3. The minimum absolute atomic E-state index is 0.153. The first-order valence-electron chi connectivity index (χ1n) is 12.9. The van der Waals surface area contributed by atoms with Crippen LogP contribution in [0.2, 0.25) is 5.02 Å². The van der Waals surface area contributed by atoms with Crippen LogP contribution in [0.4, 0.5) is 11.4 Å². The van der Waals surface area contributed by atoms with Gasteiger partial charge in [0.1, 0.15) is 19.0 Å². The molecule has 0 amide bonds. The predicted molar refractivity (Wildman–Crippen MR) is 154 cm³/mol. The van der Waals surface area contributed by atoms with Gasteiger partial charge < -0.3 is 14.4 Å². The fourth-order valence-electron chi connectivity index (χ4n) is 3.88. The molecular weight excluding hydrogens is 514 g/mol. The zero-order valence-electron chi connectivity index (χ0n) is 22.5. The summed E-state index contributed by atoms with van der Waals surface area (Å²) in [7, 11) is 1.99. The maximum atomic E-state index is 12.5. The normalized spacial score (nSPS) is 10.5. The van der Waals surface area contributed by atoms with E-state index >= 15 is 0 Å². The van der Waals surface area contributed by atoms with Crippen LogP contribution in [0, 0.1) is 0 Å². The molecule has 3 rings (SSSR count). The van der Waals surface area contributed by atoms with Crippen molar-refractivity contribution in [1.82, 2.24) is 0 Å². The van der Waals surface area contributed by atoms with E-state index in [1.807, 2.05) is 73.8 Å². The lowest BCUT2D eigenvalue weighted by atomic mass is 10.0. The van der Waals surface area contributed by atoms with Gasteiger partial charge in [0.05, 0.1) is 0 Å². The van der Waals surface area contributed by atoms with Crippen molar-refractivity contribution >= 4 is 40.7 Å². The van der Waals surface area contributed by atoms with E-state index in [2.05, 4.69) is 11.5 Å². The van der Waals surface area contributed by atoms with Crippen LogP contribution >= 0.6 is 11.6 Å². The van der Waals surface area contributed by atoms with Gasteiger partial charge in [-0.15, -0.1) is 0 Å². The molecule has 39 heavy (non-hydrogen) atoms. The lowest BCUT2D eigenvalue weighted by molar-refractivity contribution is -0.144. The second-order valence-corrected chi connectivity index (χ2v) is 9.59. The lowest BCUT2D eigenvalue weighted by Gasteiger charge is -2.20. The first kappa shape index (κ1) is 29.7. The standard InChI is InChI=1S/C32H34ClNO5/c1-4-31(36)38-21-25-9-16-28(17-10-25)34(3)27-14-7-23(8-15-27)11-18-29(35)19-12-24-6-13-26(30(33)20-24)22-39-32(37)5-2/h4,6-10,13-17,20H,1,5,11-12,18-19,21-22H2,2-3H3. The van der Waals surface area contributed by atoms with Gasteiger partial charge in [-0.2, -0.15) is 0 Å². The fraction of sp³-hybridized carbons (Fsp3) is 0.281. The summed E-state index contributed by atoms with van der Waals surface area (Å²) in [6.07, 6.45) is 3.70. The van der Waals surface area contributed by atoms with E-state index in [4.69, 9.17) is 21.1 Å². The smallest absolute Gasteiger partial charge is 0.330 e. The van der Waals surface area contributed by atoms with E-state index in [1.165, 1.54) is 0 Å². The van der Waals surface area contributed by atoms with Crippen molar-refractivity contribution in [2.75, 3.05) is 11.9 Å². The largest absolute Gasteiger partial charge is 0.461 e. The number of ketones is 1. The van der Waals surface area contributed by atoms with Crippen LogP contribution in [-0.2, 0) is 49.9 Å². The predicted octanol–water partition coefficient (Wildman–Crippen LogP) is 6.92. The van der Waals surface area contributed by atoms with Gasteiger partial charge >= 0.3 is 11.9 Å². The van der Waals surface area contributed by atoms with Gasteiger partial charge in [0.15, 0.2) is 0 Å². The molecule has 6 nitrogen and oxygen atoms in total. The molecule has 0 heterocycles. The van der Waals surface area contributed by atoms with E-state index in [-0.39, 0.29) is 25.0 Å². The molecule has 0 aliphatic rings. The maximum Gasteiger partial charge on any atom is 0.330 e. The summed E-state index contributed by atoms with van der Waals surface area (Å²) in [5.74, 6) is -0.506. The Balaban J connectivity index is 1.44. The zero-order chi connectivity index (χ0) is 28.2. The summed E-state index contributed by atoms with van der Waals surface area (Å²) in [5, 5.41) is 0.541. The molecule has 3 aromatic carbocycles. The Bertz CT molecular complexity index is 1280. The Kier molecular flexibility index (Phi) is 11.3. The molecule has 3 aromatic rings. The number of nitrogens with zero attached hydrogens (tertiary/aromatic N) is 1. The number of esters is 2. The molecule has 0 N–H and O–H groups in total. The number of rotatable bonds is 14. The SMILES string of the molecule is C=CC(=O)OCc1ccc(N(C)c2ccc(CCC(=O)CCc3ccc(COC(=O)CC)c(Cl)c3)cc2)cc1. The van der Waals surface area contributed by atoms with Crippen LogP contribution in [0.1, 0.15) is 48.4 Å². The van der Waals surface area contributed by atoms with Crippen molar-refractivity contribution in [3.63, 3.8) is 0 Å². The van der Waals surface area contributed by atoms with Crippen LogP contribution in [0.25, 0.3) is 0 Å². The number of halogens is 1. The second-order valence-electron chi connectivity index (χ2n) is 9.18. The first-order valence-corrected chi connectivity index (χ1v) is 13.3. The Morgan fingerprint density at radius 1 is 0.821 bits per heavy atom. The number of anilines is 2. The molecule has 0 aromatic heterocycles. The zero-order valence-corrected chi connectivity index (χ0v) is 23.2. The third kappa shape index (κ3) is 9.41. The van der Waals surface area contributed by atoms with Crippen LogP contribution in [-0.4, -0.2) is 24.8 Å². The van der Waals surface area contributed by atoms with Gasteiger partial charge in [-0.3, -0.25) is 9.59 Å². The monoisotopic (exact) mass is 547 g/mol. The van der Waals surface area contributed by atoms with Crippen molar-refractivity contribution < 1.29 is 23.9 Å². The van der Waals surface area contributed by atoms with Gasteiger partial charge in [0.2, 0.25) is 0 Å². The topological polar surface area (TPSA) is 72.9 Å². The van der Waals surface area contributed by atoms with E-state index in [9.17, 15) is 14.4 Å². The molecule has 0 spiro atoms. The molecular formula is C32H34ClNO5. The highest BCUT2D eigenvalue weighted by atomic mass is 35.5. The molecule has 0 radical (unpaired) electrons. The van der Waals surface area contributed by atoms with Gasteiger partial charge in [-0.25, -0.2) is 4.79 Å². The highest BCUT2D eigenvalue weighted by Crippen LogP contribution is 2.25. The average Bonchev–Trinajstić information content (AvgIpc) is 2.97. The molecule has 0 unspecified atom stereocenters. The highest BCUT2D eigenvalue weighted by molar-refractivity contribution is 6.31. The summed E-state index contributed by atoms with van der Waals surface area (Å²) >= 11 is 6.32. The number of hydrogen-bond acceptors (Lipinski definition) is 6. The summed E-state index contributed by atoms with van der Waals surface area (Å²) in [6, 6.07) is 21.6. The lowest BCUT2D eigenvalue weighted by Crippen LogP contribution is -2.09. The molecule has 0 fully saturated rings. The maximum absolute atomic E-state index is 12.5. The Labute approximate surface area is 235 Å². The number of ether oxygens (including phenoxy) is 2. The second kappa shape index (κ2) is 14.9. The summed E-state index contributed by atoms with van der Waals surface area (Å²) in [5.41, 5.74) is 5.78. The third-order valence-electron chi connectivity index (χ3n) is 6.37. The van der Waals surface area contributed by atoms with Crippen molar-refractivity contribution in [1.29, 1.82) is 0 Å². The van der Waals surface area contributed by atoms with Crippen molar-refractivity contribution in [2.24, 2.45) is 0 Å². The van der Waals surface area contributed by atoms with Crippen molar-refractivity contribution in [3.8, 4) is 0 Å². The molecule has 0 bridgehead atoms. The summed E-state index contributed by atoms with van der Waals surface area (Å²) in [4.78, 5) is 37.1. The number of Topliss-reactive ketones (excluding diaryl/α,β-unsaturated/α-hetero) is 1. The number of hydrogen-bond donors (Lipinski definition) is 0. The van der Waals surface area contributed by atoms with Gasteiger partial charge in [0.25, 0.3) is 0 Å². The number of benzene rings is 3. The van der Waals surface area contributed by atoms with Crippen molar-refractivity contribution in [3.05, 3.63) is 107 Å². The number of carbonyl (C=O) groups is 3. The van der Waals surface area contributed by atoms with E-state index < -0.39 is 5.97 Å². The molecule has 0 saturated carbocycles. The molecule has 0 saturated heterocycles. The Hall–Kier alpha value is -3.90. The number of aryl methyl sites for hydroxylation is 2. The minimum Gasteiger partial charge on any atom is -0.461 e. The Morgan fingerprint density at radius 3 is 1.95 bits per heavy atom. The Morgan fingerprint density at radius 2 is 1.38 bits per heavy atom. The first-order chi connectivity index (χ1) is 18.8. The highest BCUT2D eigenvalue weighted by Gasteiger charge is 2.09. The van der Waals surface area contributed by atoms with Gasteiger partial charge in [0, 0.05) is 54.3 Å². The van der Waals surface area contributed by atoms with Crippen molar-refractivity contribution in [2.45, 2.75) is 52.2 Å². The summed E-state index contributed by atoms with van der Waals surface area (Å²) in [6.45, 7) is 5.50. The molecule has 0 aliphatic carbocycles. The minimum atomic E-state index is -0.443. The van der Waals surface area contributed by atoms with Gasteiger partial charge in [-0.1, -0.05) is 61.5 Å². The summed E-state index contributed by atoms with van der Waals surface area (Å²) < 4.78 is 10.2. The molecule has 0 atom stereocenters. The van der Waals surface area contributed by atoms with Crippen LogP contribution in [0.5, 0.6) is 0 Å². The van der Waals surface area contributed by atoms with Gasteiger partial charge in [-0.05, 0) is 59.9 Å².